The molecule has 4 aromatic rings. The summed E-state index contributed by atoms with van der Waals surface area (Å²) >= 11 is 0. The van der Waals surface area contributed by atoms with Crippen LogP contribution in [0, 0.1) is 0 Å². The van der Waals surface area contributed by atoms with Gasteiger partial charge in [-0.2, -0.15) is 5.10 Å². The summed E-state index contributed by atoms with van der Waals surface area (Å²) in [6, 6.07) is 23.2. The molecule has 0 spiro atoms. The van der Waals surface area contributed by atoms with Crippen LogP contribution in [0.15, 0.2) is 72.8 Å². The third-order valence-corrected chi connectivity index (χ3v) is 5.74. The molecule has 170 valence electrons. The molecule has 3 N–H and O–H groups in total. The zero-order chi connectivity index (χ0) is 23.6. The van der Waals surface area contributed by atoms with E-state index in [1.165, 1.54) is 0 Å². The Hall–Kier alpha value is -3.64. The second-order valence-electron chi connectivity index (χ2n) is 9.36. The van der Waals surface area contributed by atoms with E-state index in [4.69, 9.17) is 5.10 Å². The summed E-state index contributed by atoms with van der Waals surface area (Å²) in [6.45, 7) is 8.34. The minimum atomic E-state index is -0.335. The molecular formula is C27H30N4O2. The van der Waals surface area contributed by atoms with Gasteiger partial charge in [0.15, 0.2) is 0 Å². The van der Waals surface area contributed by atoms with Crippen LogP contribution in [0.4, 0.5) is 16.3 Å². The lowest BCUT2D eigenvalue weighted by molar-refractivity contribution is 0.262. The molecule has 0 saturated heterocycles. The molecule has 1 heterocycles. The number of aliphatic hydroxyl groups is 1. The number of nitrogens with one attached hydrogen (secondary N) is 2. The highest BCUT2D eigenvalue weighted by Gasteiger charge is 2.22. The Bertz CT molecular complexity index is 1260. The van der Waals surface area contributed by atoms with E-state index in [1.54, 1.807) is 4.68 Å². The minimum Gasteiger partial charge on any atom is -0.396 e. The van der Waals surface area contributed by atoms with E-state index in [2.05, 4.69) is 31.4 Å². The normalized spacial score (nSPS) is 12.5. The number of carbonyl (C=O) groups excluding carboxylic acids is 1. The van der Waals surface area contributed by atoms with Crippen LogP contribution in [0.2, 0.25) is 0 Å². The van der Waals surface area contributed by atoms with Crippen molar-refractivity contribution in [3.05, 3.63) is 84.1 Å². The molecule has 0 aliphatic heterocycles. The van der Waals surface area contributed by atoms with Crippen molar-refractivity contribution in [2.45, 2.75) is 39.0 Å². The van der Waals surface area contributed by atoms with Crippen molar-refractivity contribution in [3.8, 4) is 5.69 Å². The van der Waals surface area contributed by atoms with Gasteiger partial charge in [0, 0.05) is 29.4 Å². The highest BCUT2D eigenvalue weighted by Crippen LogP contribution is 2.28. The summed E-state index contributed by atoms with van der Waals surface area (Å²) < 4.78 is 1.75. The molecule has 33 heavy (non-hydrogen) atoms. The SMILES string of the molecule is CC(CO)c1ccc(-n2nc(C(C)(C)C)cc2NC(=O)Nc2cccc3ccccc23)cc1. The first-order chi connectivity index (χ1) is 15.8. The van der Waals surface area contributed by atoms with Gasteiger partial charge < -0.3 is 10.4 Å². The predicted molar refractivity (Wildman–Crippen MR) is 134 cm³/mol. The number of aliphatic hydroxyl groups excluding tert-OH is 1. The van der Waals surface area contributed by atoms with E-state index in [0.29, 0.717) is 5.82 Å². The molecule has 1 aromatic heterocycles. The van der Waals surface area contributed by atoms with Gasteiger partial charge in [-0.05, 0) is 29.1 Å². The number of urea groups is 1. The molecule has 6 nitrogen and oxygen atoms in total. The number of aromatic nitrogens is 2. The maximum Gasteiger partial charge on any atom is 0.324 e. The number of amides is 2. The Morgan fingerprint density at radius 3 is 2.39 bits per heavy atom. The molecule has 2 amide bonds. The van der Waals surface area contributed by atoms with E-state index in [0.717, 1.165) is 33.4 Å². The van der Waals surface area contributed by atoms with Gasteiger partial charge in [-0.15, -0.1) is 0 Å². The van der Waals surface area contributed by atoms with Gasteiger partial charge in [0.05, 0.1) is 17.1 Å². The van der Waals surface area contributed by atoms with Crippen LogP contribution >= 0.6 is 0 Å². The largest absolute Gasteiger partial charge is 0.396 e. The number of hydrogen-bond acceptors (Lipinski definition) is 3. The second-order valence-corrected chi connectivity index (χ2v) is 9.36. The van der Waals surface area contributed by atoms with Gasteiger partial charge in [-0.25, -0.2) is 9.48 Å². The molecule has 0 saturated carbocycles. The number of nitrogens with zero attached hydrogens (tertiary/aromatic N) is 2. The fourth-order valence-electron chi connectivity index (χ4n) is 3.69. The van der Waals surface area contributed by atoms with Crippen molar-refractivity contribution in [2.24, 2.45) is 0 Å². The van der Waals surface area contributed by atoms with E-state index in [1.807, 2.05) is 79.7 Å². The number of fused-ring (bicyclic) bond motifs is 1. The number of carbonyl (C=O) groups is 1. The monoisotopic (exact) mass is 442 g/mol. The first kappa shape index (κ1) is 22.6. The molecule has 3 aromatic carbocycles. The van der Waals surface area contributed by atoms with Crippen LogP contribution in [0.1, 0.15) is 44.9 Å². The van der Waals surface area contributed by atoms with Gasteiger partial charge in [0.25, 0.3) is 0 Å². The van der Waals surface area contributed by atoms with E-state index >= 15 is 0 Å². The summed E-state index contributed by atoms with van der Waals surface area (Å²) in [6.07, 6.45) is 0. The first-order valence-electron chi connectivity index (χ1n) is 11.1. The molecule has 4 rings (SSSR count). The predicted octanol–water partition coefficient (Wildman–Crippen LogP) is 6.06. The fourth-order valence-corrected chi connectivity index (χ4v) is 3.69. The lowest BCUT2D eigenvalue weighted by Crippen LogP contribution is -2.21. The van der Waals surface area contributed by atoms with E-state index in [-0.39, 0.29) is 24.0 Å². The van der Waals surface area contributed by atoms with Crippen LogP contribution in [-0.2, 0) is 5.41 Å². The maximum atomic E-state index is 13.0. The van der Waals surface area contributed by atoms with Crippen LogP contribution in [-0.4, -0.2) is 27.5 Å². The van der Waals surface area contributed by atoms with Crippen molar-refractivity contribution < 1.29 is 9.90 Å². The Morgan fingerprint density at radius 2 is 1.70 bits per heavy atom. The molecule has 6 heteroatoms. The Kier molecular flexibility index (Phi) is 6.20. The number of anilines is 2. The summed E-state index contributed by atoms with van der Waals surface area (Å²) in [5.41, 5.74) is 3.32. The minimum absolute atomic E-state index is 0.0610. The van der Waals surface area contributed by atoms with Gasteiger partial charge >= 0.3 is 6.03 Å². The van der Waals surface area contributed by atoms with Gasteiger partial charge in [0.2, 0.25) is 0 Å². The molecule has 0 radical (unpaired) electrons. The average molecular weight is 443 g/mol. The quantitative estimate of drug-likeness (QED) is 0.351. The number of hydrogen-bond donors (Lipinski definition) is 3. The standard InChI is InChI=1S/C27H30N4O2/c1-18(17-32)19-12-14-21(15-13-19)31-25(16-24(30-31)27(2,3)4)29-26(33)28-23-11-7-9-20-8-5-6-10-22(20)23/h5-16,18,32H,17H2,1-4H3,(H2,28,29,33). The third-order valence-electron chi connectivity index (χ3n) is 5.74. The Balaban J connectivity index is 1.64. The Labute approximate surface area is 194 Å². The molecule has 0 fully saturated rings. The van der Waals surface area contributed by atoms with Crippen molar-refractivity contribution in [1.29, 1.82) is 0 Å². The topological polar surface area (TPSA) is 79.2 Å². The van der Waals surface area contributed by atoms with Crippen molar-refractivity contribution in [2.75, 3.05) is 17.2 Å². The van der Waals surface area contributed by atoms with Crippen molar-refractivity contribution >= 4 is 28.3 Å². The molecular weight excluding hydrogens is 412 g/mol. The summed E-state index contributed by atoms with van der Waals surface area (Å²) in [5.74, 6) is 0.645. The van der Waals surface area contributed by atoms with Gasteiger partial charge in [0.1, 0.15) is 5.82 Å². The smallest absolute Gasteiger partial charge is 0.324 e. The third kappa shape index (κ3) is 4.91. The lowest BCUT2D eigenvalue weighted by Gasteiger charge is -2.14. The van der Waals surface area contributed by atoms with Gasteiger partial charge in [-0.1, -0.05) is 76.2 Å². The summed E-state index contributed by atoms with van der Waals surface area (Å²) in [7, 11) is 0. The number of rotatable bonds is 5. The zero-order valence-corrected chi connectivity index (χ0v) is 19.5. The average Bonchev–Trinajstić information content (AvgIpc) is 3.23. The lowest BCUT2D eigenvalue weighted by atomic mass is 9.92. The number of benzene rings is 3. The van der Waals surface area contributed by atoms with E-state index in [9.17, 15) is 9.90 Å². The second kappa shape index (κ2) is 9.08. The zero-order valence-electron chi connectivity index (χ0n) is 19.5. The molecule has 0 aliphatic carbocycles. The highest BCUT2D eigenvalue weighted by molar-refractivity contribution is 6.06. The molecule has 1 unspecified atom stereocenters. The Morgan fingerprint density at radius 1 is 1.00 bits per heavy atom. The summed E-state index contributed by atoms with van der Waals surface area (Å²) in [4.78, 5) is 13.0. The summed E-state index contributed by atoms with van der Waals surface area (Å²) in [5, 5.41) is 22.2. The van der Waals surface area contributed by atoms with Crippen LogP contribution < -0.4 is 10.6 Å². The van der Waals surface area contributed by atoms with E-state index < -0.39 is 0 Å². The van der Waals surface area contributed by atoms with Crippen molar-refractivity contribution in [3.63, 3.8) is 0 Å². The first-order valence-corrected chi connectivity index (χ1v) is 11.1. The molecule has 0 aliphatic rings. The van der Waals surface area contributed by atoms with Crippen molar-refractivity contribution in [1.82, 2.24) is 9.78 Å². The fraction of sp³-hybridized carbons (Fsp3) is 0.259. The van der Waals surface area contributed by atoms with Gasteiger partial charge in [-0.3, -0.25) is 5.32 Å². The highest BCUT2D eigenvalue weighted by atomic mass is 16.3. The van der Waals surface area contributed by atoms with Crippen LogP contribution in [0.5, 0.6) is 0 Å². The maximum absolute atomic E-state index is 13.0. The molecule has 1 atom stereocenters. The van der Waals surface area contributed by atoms with Crippen LogP contribution in [0.3, 0.4) is 0 Å². The van der Waals surface area contributed by atoms with Crippen LogP contribution in [0.25, 0.3) is 16.5 Å². The molecule has 0 bridgehead atoms.